The van der Waals surface area contributed by atoms with Crippen LogP contribution in [0.25, 0.3) is 6.08 Å². The van der Waals surface area contributed by atoms with E-state index in [0.29, 0.717) is 0 Å². The second kappa shape index (κ2) is 4.28. The Morgan fingerprint density at radius 3 is 2.81 bits per heavy atom. The first kappa shape index (κ1) is 9.87. The molecule has 0 saturated carbocycles. The fourth-order valence-corrected chi connectivity index (χ4v) is 2.11. The van der Waals surface area contributed by atoms with Gasteiger partial charge in [0.05, 0.1) is 13.2 Å². The molecule has 1 aromatic carbocycles. The molecule has 0 spiro atoms. The van der Waals surface area contributed by atoms with Gasteiger partial charge in [-0.25, -0.2) is 0 Å². The molecule has 0 amide bonds. The number of rotatable bonds is 1. The number of para-hydroxylation sites is 1. The van der Waals surface area contributed by atoms with Gasteiger partial charge in [-0.15, -0.1) is 0 Å². The molecule has 3 heteroatoms. The van der Waals surface area contributed by atoms with Crippen molar-refractivity contribution >= 4 is 6.08 Å². The third kappa shape index (κ3) is 1.84. The number of morpholine rings is 1. The van der Waals surface area contributed by atoms with E-state index in [4.69, 9.17) is 9.47 Å². The van der Waals surface area contributed by atoms with Gasteiger partial charge in [0, 0.05) is 18.7 Å². The number of ether oxygens (including phenoxy) is 2. The molecule has 2 aliphatic heterocycles. The van der Waals surface area contributed by atoms with Gasteiger partial charge in [0.15, 0.2) is 6.23 Å². The third-order valence-electron chi connectivity index (χ3n) is 3.01. The van der Waals surface area contributed by atoms with Crippen molar-refractivity contribution < 1.29 is 9.47 Å². The molecule has 1 saturated heterocycles. The van der Waals surface area contributed by atoms with E-state index in [2.05, 4.69) is 23.1 Å². The summed E-state index contributed by atoms with van der Waals surface area (Å²) in [6.07, 6.45) is 4.32. The minimum Gasteiger partial charge on any atom is -0.471 e. The molecule has 1 fully saturated rings. The lowest BCUT2D eigenvalue weighted by Crippen LogP contribution is -2.45. The van der Waals surface area contributed by atoms with Gasteiger partial charge in [-0.05, 0) is 12.1 Å². The Morgan fingerprint density at radius 2 is 1.94 bits per heavy atom. The minimum atomic E-state index is 0.0683. The standard InChI is InChI=1S/C13H15NO2/c1-2-4-12-11(3-1)5-6-13(16-12)14-7-9-15-10-8-14/h1-6,13H,7-10H2. The molecule has 3 rings (SSSR count). The lowest BCUT2D eigenvalue weighted by molar-refractivity contribution is -0.0260. The highest BCUT2D eigenvalue weighted by molar-refractivity contribution is 5.59. The summed E-state index contributed by atoms with van der Waals surface area (Å²) in [5, 5.41) is 0. The largest absolute Gasteiger partial charge is 0.471 e. The van der Waals surface area contributed by atoms with Gasteiger partial charge in [-0.1, -0.05) is 24.3 Å². The maximum absolute atomic E-state index is 5.95. The summed E-state index contributed by atoms with van der Waals surface area (Å²) in [7, 11) is 0. The van der Waals surface area contributed by atoms with Crippen LogP contribution < -0.4 is 4.74 Å². The predicted molar refractivity (Wildman–Crippen MR) is 62.3 cm³/mol. The van der Waals surface area contributed by atoms with Crippen LogP contribution in [0.3, 0.4) is 0 Å². The van der Waals surface area contributed by atoms with Crippen molar-refractivity contribution in [2.24, 2.45) is 0 Å². The molecule has 3 nitrogen and oxygen atoms in total. The smallest absolute Gasteiger partial charge is 0.172 e. The van der Waals surface area contributed by atoms with E-state index in [1.165, 1.54) is 0 Å². The molecular weight excluding hydrogens is 202 g/mol. The van der Waals surface area contributed by atoms with Crippen molar-refractivity contribution in [2.75, 3.05) is 26.3 Å². The van der Waals surface area contributed by atoms with Crippen LogP contribution >= 0.6 is 0 Å². The average molecular weight is 217 g/mol. The molecule has 0 aliphatic carbocycles. The van der Waals surface area contributed by atoms with Gasteiger partial charge in [0.2, 0.25) is 0 Å². The van der Waals surface area contributed by atoms with Crippen LogP contribution in [-0.2, 0) is 4.74 Å². The molecule has 1 atom stereocenters. The second-order valence-electron chi connectivity index (χ2n) is 4.05. The molecule has 0 N–H and O–H groups in total. The fourth-order valence-electron chi connectivity index (χ4n) is 2.11. The van der Waals surface area contributed by atoms with Crippen LogP contribution in [0.15, 0.2) is 30.3 Å². The molecule has 16 heavy (non-hydrogen) atoms. The van der Waals surface area contributed by atoms with E-state index < -0.39 is 0 Å². The first-order valence-electron chi connectivity index (χ1n) is 5.69. The Labute approximate surface area is 95.3 Å². The fraction of sp³-hybridized carbons (Fsp3) is 0.385. The van der Waals surface area contributed by atoms with Crippen molar-refractivity contribution in [1.29, 1.82) is 0 Å². The Balaban J connectivity index is 1.77. The molecule has 1 unspecified atom stereocenters. The van der Waals surface area contributed by atoms with E-state index in [1.807, 2.05) is 18.2 Å². The highest BCUT2D eigenvalue weighted by atomic mass is 16.5. The van der Waals surface area contributed by atoms with Crippen LogP contribution in [0.2, 0.25) is 0 Å². The van der Waals surface area contributed by atoms with Crippen LogP contribution in [0, 0.1) is 0 Å². The molecular formula is C13H15NO2. The Hall–Kier alpha value is -1.32. The van der Waals surface area contributed by atoms with E-state index in [1.54, 1.807) is 0 Å². The Kier molecular flexibility index (Phi) is 2.64. The average Bonchev–Trinajstić information content (AvgIpc) is 2.39. The van der Waals surface area contributed by atoms with Crippen molar-refractivity contribution in [2.45, 2.75) is 6.23 Å². The Morgan fingerprint density at radius 1 is 1.12 bits per heavy atom. The first-order valence-corrected chi connectivity index (χ1v) is 5.69. The maximum atomic E-state index is 5.95. The highest BCUT2D eigenvalue weighted by Crippen LogP contribution is 2.26. The summed E-state index contributed by atoms with van der Waals surface area (Å²) in [6, 6.07) is 8.13. The summed E-state index contributed by atoms with van der Waals surface area (Å²) in [6.45, 7) is 3.49. The molecule has 2 heterocycles. The summed E-state index contributed by atoms with van der Waals surface area (Å²) in [4.78, 5) is 2.30. The van der Waals surface area contributed by atoms with Crippen molar-refractivity contribution in [1.82, 2.24) is 4.90 Å². The summed E-state index contributed by atoms with van der Waals surface area (Å²) in [5.41, 5.74) is 1.16. The summed E-state index contributed by atoms with van der Waals surface area (Å²) < 4.78 is 11.3. The molecule has 1 aromatic rings. The SMILES string of the molecule is C1=CC(N2CCOCC2)Oc2ccccc21. The summed E-state index contributed by atoms with van der Waals surface area (Å²) >= 11 is 0. The van der Waals surface area contributed by atoms with Crippen LogP contribution in [0.4, 0.5) is 0 Å². The summed E-state index contributed by atoms with van der Waals surface area (Å²) in [5.74, 6) is 0.974. The number of hydrogen-bond donors (Lipinski definition) is 0. The van der Waals surface area contributed by atoms with Gasteiger partial charge in [-0.2, -0.15) is 0 Å². The lowest BCUT2D eigenvalue weighted by Gasteiger charge is -2.34. The van der Waals surface area contributed by atoms with E-state index in [9.17, 15) is 0 Å². The van der Waals surface area contributed by atoms with Crippen LogP contribution in [0.5, 0.6) is 5.75 Å². The molecule has 0 bridgehead atoms. The predicted octanol–water partition coefficient (Wildman–Crippen LogP) is 1.75. The molecule has 2 aliphatic rings. The van der Waals surface area contributed by atoms with Crippen molar-refractivity contribution in [3.8, 4) is 5.75 Å². The van der Waals surface area contributed by atoms with Crippen LogP contribution in [-0.4, -0.2) is 37.4 Å². The third-order valence-corrected chi connectivity index (χ3v) is 3.01. The Bertz CT molecular complexity index is 397. The van der Waals surface area contributed by atoms with Crippen molar-refractivity contribution in [3.05, 3.63) is 35.9 Å². The molecule has 0 radical (unpaired) electrons. The second-order valence-corrected chi connectivity index (χ2v) is 4.05. The normalized spacial score (nSPS) is 24.9. The van der Waals surface area contributed by atoms with Gasteiger partial charge in [0.25, 0.3) is 0 Å². The highest BCUT2D eigenvalue weighted by Gasteiger charge is 2.22. The van der Waals surface area contributed by atoms with Gasteiger partial charge < -0.3 is 9.47 Å². The first-order chi connectivity index (χ1) is 7.93. The van der Waals surface area contributed by atoms with E-state index >= 15 is 0 Å². The quantitative estimate of drug-likeness (QED) is 0.715. The number of benzene rings is 1. The van der Waals surface area contributed by atoms with Gasteiger partial charge in [-0.3, -0.25) is 4.90 Å². The van der Waals surface area contributed by atoms with Crippen LogP contribution in [0.1, 0.15) is 5.56 Å². The zero-order chi connectivity index (χ0) is 10.8. The van der Waals surface area contributed by atoms with Gasteiger partial charge in [0.1, 0.15) is 5.75 Å². The number of nitrogens with zero attached hydrogens (tertiary/aromatic N) is 1. The monoisotopic (exact) mass is 217 g/mol. The molecule has 0 aromatic heterocycles. The van der Waals surface area contributed by atoms with E-state index in [-0.39, 0.29) is 6.23 Å². The topological polar surface area (TPSA) is 21.7 Å². The number of fused-ring (bicyclic) bond motifs is 1. The zero-order valence-electron chi connectivity index (χ0n) is 9.13. The van der Waals surface area contributed by atoms with Gasteiger partial charge >= 0.3 is 0 Å². The van der Waals surface area contributed by atoms with Crippen molar-refractivity contribution in [3.63, 3.8) is 0 Å². The number of hydrogen-bond acceptors (Lipinski definition) is 3. The zero-order valence-corrected chi connectivity index (χ0v) is 9.13. The minimum absolute atomic E-state index is 0.0683. The molecule has 84 valence electrons. The van der Waals surface area contributed by atoms with E-state index in [0.717, 1.165) is 37.6 Å². The lowest BCUT2D eigenvalue weighted by atomic mass is 10.1. The maximum Gasteiger partial charge on any atom is 0.172 e.